The number of hydrogen-bond donors (Lipinski definition) is 1. The monoisotopic (exact) mass is 421 g/mol. The second-order valence-electron chi connectivity index (χ2n) is 7.96. The van der Waals surface area contributed by atoms with Crippen LogP contribution in [0.25, 0.3) is 10.9 Å². The van der Waals surface area contributed by atoms with Crippen molar-refractivity contribution in [2.45, 2.75) is 62.4 Å². The van der Waals surface area contributed by atoms with Crippen LogP contribution >= 0.6 is 11.8 Å². The van der Waals surface area contributed by atoms with Gasteiger partial charge in [0.05, 0.1) is 16.2 Å². The first-order valence-electron chi connectivity index (χ1n) is 10.6. The number of rotatable bonds is 7. The van der Waals surface area contributed by atoms with Gasteiger partial charge >= 0.3 is 0 Å². The highest BCUT2D eigenvalue weighted by Gasteiger charge is 2.30. The van der Waals surface area contributed by atoms with Gasteiger partial charge in [-0.05, 0) is 55.9 Å². The summed E-state index contributed by atoms with van der Waals surface area (Å²) in [6.45, 7) is 6.17. The Hall–Kier alpha value is -2.60. The molecule has 1 aromatic heterocycles. The lowest BCUT2D eigenvalue weighted by molar-refractivity contribution is -0.115. The van der Waals surface area contributed by atoms with E-state index in [0.29, 0.717) is 22.0 Å². The van der Waals surface area contributed by atoms with E-state index in [1.807, 2.05) is 49.4 Å². The number of fused-ring (bicyclic) bond motifs is 1. The van der Waals surface area contributed by atoms with Crippen LogP contribution in [-0.4, -0.2) is 20.7 Å². The molecule has 0 aliphatic heterocycles. The van der Waals surface area contributed by atoms with Crippen molar-refractivity contribution in [2.24, 2.45) is 0 Å². The molecule has 1 fully saturated rings. The van der Waals surface area contributed by atoms with Gasteiger partial charge in [-0.2, -0.15) is 0 Å². The number of nitrogens with one attached hydrogen (secondary N) is 1. The first kappa shape index (κ1) is 20.7. The Bertz CT molecular complexity index is 1140. The first-order chi connectivity index (χ1) is 14.5. The van der Waals surface area contributed by atoms with Crippen LogP contribution in [0.1, 0.15) is 57.6 Å². The third-order valence-electron chi connectivity index (χ3n) is 5.70. The van der Waals surface area contributed by atoms with Gasteiger partial charge in [0.2, 0.25) is 5.91 Å². The molecule has 3 aromatic rings. The van der Waals surface area contributed by atoms with Crippen molar-refractivity contribution in [3.8, 4) is 0 Å². The van der Waals surface area contributed by atoms with Crippen LogP contribution in [0.5, 0.6) is 0 Å². The van der Waals surface area contributed by atoms with E-state index in [4.69, 9.17) is 4.98 Å². The van der Waals surface area contributed by atoms with Crippen molar-refractivity contribution < 1.29 is 4.79 Å². The van der Waals surface area contributed by atoms with E-state index in [1.165, 1.54) is 11.8 Å². The third kappa shape index (κ3) is 4.15. The van der Waals surface area contributed by atoms with Gasteiger partial charge in [0.15, 0.2) is 5.16 Å². The fraction of sp³-hybridized carbons (Fsp3) is 0.375. The number of para-hydroxylation sites is 2. The fourth-order valence-electron chi connectivity index (χ4n) is 3.57. The SMILES string of the molecule is CC[C@H](C)c1ccccc1NC(=O)[C@@H](C)Sc1nc2ccccc2c(=O)n1C1CC1. The van der Waals surface area contributed by atoms with E-state index in [2.05, 4.69) is 25.2 Å². The van der Waals surface area contributed by atoms with Crippen molar-refractivity contribution >= 4 is 34.3 Å². The van der Waals surface area contributed by atoms with E-state index < -0.39 is 0 Å². The average molecular weight is 422 g/mol. The van der Waals surface area contributed by atoms with E-state index in [0.717, 1.165) is 30.5 Å². The zero-order chi connectivity index (χ0) is 21.3. The number of carbonyl (C=O) groups is 1. The minimum Gasteiger partial charge on any atom is -0.325 e. The lowest BCUT2D eigenvalue weighted by Crippen LogP contribution is -2.27. The van der Waals surface area contributed by atoms with Crippen molar-refractivity contribution in [1.29, 1.82) is 0 Å². The van der Waals surface area contributed by atoms with Crippen molar-refractivity contribution in [3.05, 3.63) is 64.4 Å². The number of nitrogens with zero attached hydrogens (tertiary/aromatic N) is 2. The number of aromatic nitrogens is 2. The highest BCUT2D eigenvalue weighted by molar-refractivity contribution is 8.00. The van der Waals surface area contributed by atoms with Crippen LogP contribution in [0.2, 0.25) is 0 Å². The van der Waals surface area contributed by atoms with Crippen LogP contribution < -0.4 is 10.9 Å². The highest BCUT2D eigenvalue weighted by Crippen LogP contribution is 2.38. The number of carbonyl (C=O) groups excluding carboxylic acids is 1. The van der Waals surface area contributed by atoms with Crippen LogP contribution in [0, 0.1) is 0 Å². The van der Waals surface area contributed by atoms with Crippen molar-refractivity contribution in [1.82, 2.24) is 9.55 Å². The Morgan fingerprint density at radius 2 is 1.87 bits per heavy atom. The van der Waals surface area contributed by atoms with Gasteiger partial charge < -0.3 is 5.32 Å². The van der Waals surface area contributed by atoms with Crippen molar-refractivity contribution in [2.75, 3.05) is 5.32 Å². The molecule has 30 heavy (non-hydrogen) atoms. The molecular weight excluding hydrogens is 394 g/mol. The van der Waals surface area contributed by atoms with Gasteiger partial charge in [0.1, 0.15) is 0 Å². The molecule has 156 valence electrons. The summed E-state index contributed by atoms with van der Waals surface area (Å²) in [6, 6.07) is 15.6. The summed E-state index contributed by atoms with van der Waals surface area (Å²) in [6.07, 6.45) is 2.97. The fourth-order valence-corrected chi connectivity index (χ4v) is 4.55. The predicted octanol–water partition coefficient (Wildman–Crippen LogP) is 5.36. The molecule has 2 atom stereocenters. The zero-order valence-corrected chi connectivity index (χ0v) is 18.4. The van der Waals surface area contributed by atoms with Gasteiger partial charge in [0, 0.05) is 11.7 Å². The maximum absolute atomic E-state index is 13.0. The van der Waals surface area contributed by atoms with E-state index in [1.54, 1.807) is 4.57 Å². The molecular formula is C24H27N3O2S. The molecule has 5 nitrogen and oxygen atoms in total. The average Bonchev–Trinajstić information content (AvgIpc) is 3.58. The molecule has 0 unspecified atom stereocenters. The number of hydrogen-bond acceptors (Lipinski definition) is 4. The molecule has 1 aliphatic carbocycles. The molecule has 1 saturated carbocycles. The van der Waals surface area contributed by atoms with Crippen LogP contribution in [-0.2, 0) is 4.79 Å². The zero-order valence-electron chi connectivity index (χ0n) is 17.6. The summed E-state index contributed by atoms with van der Waals surface area (Å²) in [5, 5.41) is 3.96. The highest BCUT2D eigenvalue weighted by atomic mass is 32.2. The lowest BCUT2D eigenvalue weighted by Gasteiger charge is -2.19. The Kier molecular flexibility index (Phi) is 5.95. The molecule has 0 bridgehead atoms. The summed E-state index contributed by atoms with van der Waals surface area (Å²) >= 11 is 1.35. The van der Waals surface area contributed by atoms with Crippen LogP contribution in [0.15, 0.2) is 58.5 Å². The number of thioether (sulfide) groups is 1. The minimum absolute atomic E-state index is 0.0136. The molecule has 0 radical (unpaired) electrons. The predicted molar refractivity (Wildman–Crippen MR) is 123 cm³/mol. The summed E-state index contributed by atoms with van der Waals surface area (Å²) in [5.41, 5.74) is 2.66. The molecule has 0 spiro atoms. The molecule has 1 N–H and O–H groups in total. The van der Waals surface area contributed by atoms with Crippen LogP contribution in [0.3, 0.4) is 0 Å². The molecule has 1 amide bonds. The van der Waals surface area contributed by atoms with Gasteiger partial charge in [-0.15, -0.1) is 0 Å². The van der Waals surface area contributed by atoms with E-state index >= 15 is 0 Å². The second-order valence-corrected chi connectivity index (χ2v) is 9.27. The van der Waals surface area contributed by atoms with Gasteiger partial charge in [-0.1, -0.05) is 55.9 Å². The number of benzene rings is 2. The second kappa shape index (κ2) is 8.64. The molecule has 6 heteroatoms. The Morgan fingerprint density at radius 1 is 1.17 bits per heavy atom. The smallest absolute Gasteiger partial charge is 0.262 e. The Labute approximate surface area is 180 Å². The first-order valence-corrected chi connectivity index (χ1v) is 11.4. The van der Waals surface area contributed by atoms with Gasteiger partial charge in [-0.25, -0.2) is 4.98 Å². The maximum Gasteiger partial charge on any atom is 0.262 e. The van der Waals surface area contributed by atoms with Crippen LogP contribution in [0.4, 0.5) is 5.69 Å². The largest absolute Gasteiger partial charge is 0.325 e. The summed E-state index contributed by atoms with van der Waals surface area (Å²) in [5.74, 6) is 0.284. The molecule has 4 rings (SSSR count). The molecule has 1 heterocycles. The Morgan fingerprint density at radius 3 is 2.60 bits per heavy atom. The summed E-state index contributed by atoms with van der Waals surface area (Å²) < 4.78 is 1.78. The van der Waals surface area contributed by atoms with Gasteiger partial charge in [0.25, 0.3) is 5.56 Å². The minimum atomic E-state index is -0.381. The quantitative estimate of drug-likeness (QED) is 0.412. The number of anilines is 1. The van der Waals surface area contributed by atoms with Crippen molar-refractivity contribution in [3.63, 3.8) is 0 Å². The van der Waals surface area contributed by atoms with E-state index in [-0.39, 0.29) is 22.8 Å². The number of amides is 1. The molecule has 2 aromatic carbocycles. The van der Waals surface area contributed by atoms with E-state index in [9.17, 15) is 9.59 Å². The summed E-state index contributed by atoms with van der Waals surface area (Å²) in [4.78, 5) is 30.7. The Balaban J connectivity index is 1.59. The maximum atomic E-state index is 13.0. The standard InChI is InChI=1S/C24H27N3O2S/c1-4-15(2)18-9-5-7-11-20(18)25-22(28)16(3)30-24-26-21-12-8-6-10-19(21)23(29)27(24)17-13-14-17/h5-12,15-17H,4,13-14H2,1-3H3,(H,25,28)/t15-,16+/m0/s1. The lowest BCUT2D eigenvalue weighted by atomic mass is 9.97. The molecule has 1 aliphatic rings. The normalized spacial score (nSPS) is 15.7. The third-order valence-corrected chi connectivity index (χ3v) is 6.77. The van der Waals surface area contributed by atoms with Gasteiger partial charge in [-0.3, -0.25) is 14.2 Å². The topological polar surface area (TPSA) is 64.0 Å². The molecule has 0 saturated heterocycles. The summed E-state index contributed by atoms with van der Waals surface area (Å²) in [7, 11) is 0.